The molecular weight excluding hydrogens is 364 g/mol. The quantitative estimate of drug-likeness (QED) is 0.466. The van der Waals surface area contributed by atoms with Crippen molar-refractivity contribution in [2.75, 3.05) is 5.32 Å². The van der Waals surface area contributed by atoms with Crippen molar-refractivity contribution in [3.05, 3.63) is 89.8 Å². The minimum absolute atomic E-state index is 0.0537. The van der Waals surface area contributed by atoms with Gasteiger partial charge in [-0.1, -0.05) is 30.3 Å². The molecule has 0 aliphatic carbocycles. The Hall–Kier alpha value is -3.67. The lowest BCUT2D eigenvalue weighted by molar-refractivity contribution is 0.104. The fourth-order valence-corrected chi connectivity index (χ4v) is 2.74. The highest BCUT2D eigenvalue weighted by Gasteiger charge is 2.06. The molecule has 0 bridgehead atoms. The van der Waals surface area contributed by atoms with Crippen molar-refractivity contribution >= 4 is 23.6 Å². The van der Waals surface area contributed by atoms with Crippen LogP contribution >= 0.6 is 0 Å². The number of nitrogens with one attached hydrogen (secondary N) is 2. The molecule has 0 fully saturated rings. The third-order valence-electron chi connectivity index (χ3n) is 4.11. The van der Waals surface area contributed by atoms with Crippen molar-refractivity contribution in [3.8, 4) is 0 Å². The summed E-state index contributed by atoms with van der Waals surface area (Å²) in [6, 6.07) is 16.6. The zero-order valence-electron chi connectivity index (χ0n) is 16.5. The monoisotopic (exact) mass is 388 g/mol. The summed E-state index contributed by atoms with van der Waals surface area (Å²) in [6.07, 6.45) is 6.90. The Labute approximate surface area is 170 Å². The fraction of sp³-hybridized carbons (Fsp3) is 0.174. The molecule has 2 aromatic carbocycles. The van der Waals surface area contributed by atoms with Crippen molar-refractivity contribution in [3.63, 3.8) is 0 Å². The van der Waals surface area contributed by atoms with Crippen LogP contribution in [0, 0.1) is 0 Å². The van der Waals surface area contributed by atoms with Crippen molar-refractivity contribution in [1.29, 1.82) is 0 Å². The lowest BCUT2D eigenvalue weighted by Gasteiger charge is -2.10. The Kier molecular flexibility index (Phi) is 6.58. The highest BCUT2D eigenvalue weighted by molar-refractivity contribution is 6.07. The largest absolute Gasteiger partial charge is 0.336 e. The van der Waals surface area contributed by atoms with Crippen LogP contribution in [0.4, 0.5) is 10.5 Å². The molecule has 0 aliphatic rings. The molecule has 2 N–H and O–H groups in total. The summed E-state index contributed by atoms with van der Waals surface area (Å²) in [4.78, 5) is 24.1. The topological polar surface area (TPSA) is 76.0 Å². The van der Waals surface area contributed by atoms with Crippen LogP contribution in [0.15, 0.2) is 73.1 Å². The maximum absolute atomic E-state index is 12.4. The van der Waals surface area contributed by atoms with Gasteiger partial charge in [-0.3, -0.25) is 9.48 Å². The van der Waals surface area contributed by atoms with Gasteiger partial charge in [0.25, 0.3) is 0 Å². The van der Waals surface area contributed by atoms with Crippen LogP contribution in [0.2, 0.25) is 0 Å². The Morgan fingerprint density at radius 3 is 2.48 bits per heavy atom. The summed E-state index contributed by atoms with van der Waals surface area (Å²) in [5.41, 5.74) is 3.20. The Bertz CT molecular complexity index is 989. The number of allylic oxidation sites excluding steroid dienone is 1. The average molecular weight is 388 g/mol. The van der Waals surface area contributed by atoms with E-state index in [9.17, 15) is 9.59 Å². The standard InChI is InChI=1S/C23H24N4O2/c1-17(2)25-23(29)26-21-11-9-20(10-12-21)22(28)13-8-19-14-24-27(16-19)15-18-6-4-3-5-7-18/h3-14,16-17H,15H2,1-2H3,(H2,25,26,29)/b13-8+. The van der Waals surface area contributed by atoms with Crippen LogP contribution in [0.25, 0.3) is 6.08 Å². The van der Waals surface area contributed by atoms with Crippen molar-refractivity contribution < 1.29 is 9.59 Å². The van der Waals surface area contributed by atoms with Gasteiger partial charge in [-0.25, -0.2) is 4.79 Å². The average Bonchev–Trinajstić information content (AvgIpc) is 3.14. The maximum Gasteiger partial charge on any atom is 0.319 e. The molecule has 1 heterocycles. The van der Waals surface area contributed by atoms with Crippen molar-refractivity contribution in [1.82, 2.24) is 15.1 Å². The maximum atomic E-state index is 12.4. The first kappa shape index (κ1) is 20.1. The number of rotatable bonds is 7. The van der Waals surface area contributed by atoms with Crippen LogP contribution in [-0.2, 0) is 6.54 Å². The van der Waals surface area contributed by atoms with Gasteiger partial charge in [0, 0.05) is 29.1 Å². The molecule has 0 saturated heterocycles. The first-order valence-corrected chi connectivity index (χ1v) is 9.46. The van der Waals surface area contributed by atoms with E-state index in [0.29, 0.717) is 17.8 Å². The number of hydrogen-bond donors (Lipinski definition) is 2. The molecule has 0 aliphatic heterocycles. The summed E-state index contributed by atoms with van der Waals surface area (Å²) < 4.78 is 1.84. The van der Waals surface area contributed by atoms with E-state index in [1.807, 2.05) is 55.1 Å². The molecule has 2 amide bonds. The van der Waals surface area contributed by atoms with Crippen LogP contribution in [-0.4, -0.2) is 27.6 Å². The molecular formula is C23H24N4O2. The molecule has 29 heavy (non-hydrogen) atoms. The second kappa shape index (κ2) is 9.50. The highest BCUT2D eigenvalue weighted by atomic mass is 16.2. The van der Waals surface area contributed by atoms with E-state index in [-0.39, 0.29) is 17.9 Å². The normalized spacial score (nSPS) is 11.0. The molecule has 6 heteroatoms. The zero-order valence-corrected chi connectivity index (χ0v) is 16.5. The number of carbonyl (C=O) groups is 2. The van der Waals surface area contributed by atoms with Gasteiger partial charge in [-0.05, 0) is 55.8 Å². The number of carbonyl (C=O) groups excluding carboxylic acids is 2. The zero-order chi connectivity index (χ0) is 20.6. The SMILES string of the molecule is CC(C)NC(=O)Nc1ccc(C(=O)/C=C/c2cnn(Cc3ccccc3)c2)cc1. The number of anilines is 1. The van der Waals surface area contributed by atoms with Crippen LogP contribution in [0.3, 0.4) is 0 Å². The number of aromatic nitrogens is 2. The molecule has 3 rings (SSSR count). The first-order chi connectivity index (χ1) is 14.0. The lowest BCUT2D eigenvalue weighted by Crippen LogP contribution is -2.34. The summed E-state index contributed by atoms with van der Waals surface area (Å²) in [6.45, 7) is 4.46. The van der Waals surface area contributed by atoms with Crippen molar-refractivity contribution in [2.45, 2.75) is 26.4 Å². The van der Waals surface area contributed by atoms with Crippen LogP contribution in [0.1, 0.15) is 35.3 Å². The number of hydrogen-bond acceptors (Lipinski definition) is 3. The predicted molar refractivity (Wildman–Crippen MR) is 115 cm³/mol. The highest BCUT2D eigenvalue weighted by Crippen LogP contribution is 2.12. The van der Waals surface area contributed by atoms with E-state index < -0.39 is 0 Å². The van der Waals surface area contributed by atoms with E-state index in [1.54, 1.807) is 36.5 Å². The van der Waals surface area contributed by atoms with Crippen molar-refractivity contribution in [2.24, 2.45) is 0 Å². The first-order valence-electron chi connectivity index (χ1n) is 9.46. The van der Waals surface area contributed by atoms with Gasteiger partial charge >= 0.3 is 6.03 Å². The van der Waals surface area contributed by atoms with Gasteiger partial charge in [0.15, 0.2) is 5.78 Å². The summed E-state index contributed by atoms with van der Waals surface area (Å²) in [7, 11) is 0. The summed E-state index contributed by atoms with van der Waals surface area (Å²) in [5, 5.41) is 9.81. The van der Waals surface area contributed by atoms with E-state index in [2.05, 4.69) is 15.7 Å². The second-order valence-electron chi connectivity index (χ2n) is 6.98. The molecule has 0 unspecified atom stereocenters. The number of nitrogens with zero attached hydrogens (tertiary/aromatic N) is 2. The Morgan fingerprint density at radius 1 is 1.07 bits per heavy atom. The van der Waals surface area contributed by atoms with Gasteiger partial charge in [-0.2, -0.15) is 5.10 Å². The smallest absolute Gasteiger partial charge is 0.319 e. The summed E-state index contributed by atoms with van der Waals surface area (Å²) >= 11 is 0. The van der Waals surface area contributed by atoms with Gasteiger partial charge in [0.1, 0.15) is 0 Å². The molecule has 148 valence electrons. The predicted octanol–water partition coefficient (Wildman–Crippen LogP) is 4.36. The number of amides is 2. The van der Waals surface area contributed by atoms with E-state index in [0.717, 1.165) is 11.1 Å². The molecule has 0 radical (unpaired) electrons. The third-order valence-corrected chi connectivity index (χ3v) is 4.11. The third kappa shape index (κ3) is 6.17. The molecule has 0 atom stereocenters. The lowest BCUT2D eigenvalue weighted by atomic mass is 10.1. The second-order valence-corrected chi connectivity index (χ2v) is 6.98. The fourth-order valence-electron chi connectivity index (χ4n) is 2.74. The van der Waals surface area contributed by atoms with Crippen LogP contribution in [0.5, 0.6) is 0 Å². The van der Waals surface area contributed by atoms with E-state index >= 15 is 0 Å². The van der Waals surface area contributed by atoms with Gasteiger partial charge < -0.3 is 10.6 Å². The molecule has 3 aromatic rings. The number of urea groups is 1. The van der Waals surface area contributed by atoms with Crippen LogP contribution < -0.4 is 10.6 Å². The molecule has 0 saturated carbocycles. The molecule has 0 spiro atoms. The van der Waals surface area contributed by atoms with Gasteiger partial charge in [-0.15, -0.1) is 0 Å². The van der Waals surface area contributed by atoms with E-state index in [4.69, 9.17) is 0 Å². The van der Waals surface area contributed by atoms with Gasteiger partial charge in [0.2, 0.25) is 0 Å². The minimum Gasteiger partial charge on any atom is -0.336 e. The number of ketones is 1. The summed E-state index contributed by atoms with van der Waals surface area (Å²) in [5.74, 6) is -0.112. The Morgan fingerprint density at radius 2 is 1.79 bits per heavy atom. The minimum atomic E-state index is -0.272. The molecule has 6 nitrogen and oxygen atoms in total. The molecule has 1 aromatic heterocycles. The van der Waals surface area contributed by atoms with E-state index in [1.165, 1.54) is 6.08 Å². The number of benzene rings is 2. The Balaban J connectivity index is 1.57. The van der Waals surface area contributed by atoms with Gasteiger partial charge in [0.05, 0.1) is 12.7 Å².